The number of halogens is 1. The molecule has 0 atom stereocenters. The van der Waals surface area contributed by atoms with Crippen LogP contribution in [0.5, 0.6) is 5.75 Å². The molecule has 0 spiro atoms. The molecular weight excluding hydrogens is 306 g/mol. The van der Waals surface area contributed by atoms with Crippen molar-refractivity contribution in [1.82, 2.24) is 9.78 Å². The number of nitrogens with two attached hydrogens (primary N) is 1. The van der Waals surface area contributed by atoms with Crippen molar-refractivity contribution in [3.8, 4) is 17.0 Å². The van der Waals surface area contributed by atoms with Gasteiger partial charge in [0, 0.05) is 18.7 Å². The fourth-order valence-corrected chi connectivity index (χ4v) is 2.22. The van der Waals surface area contributed by atoms with Crippen LogP contribution in [0.1, 0.15) is 6.92 Å². The van der Waals surface area contributed by atoms with E-state index in [4.69, 9.17) is 10.5 Å². The van der Waals surface area contributed by atoms with Crippen molar-refractivity contribution >= 4 is 21.7 Å². The van der Waals surface area contributed by atoms with Crippen LogP contribution in [0.25, 0.3) is 11.3 Å². The molecule has 19 heavy (non-hydrogen) atoms. The number of aryl methyl sites for hydroxylation is 1. The Morgan fingerprint density at radius 1 is 1.53 bits per heavy atom. The van der Waals surface area contributed by atoms with E-state index in [0.29, 0.717) is 12.4 Å². The molecule has 0 fully saturated rings. The first-order valence-corrected chi connectivity index (χ1v) is 6.64. The molecule has 1 aromatic heterocycles. The predicted octanol–water partition coefficient (Wildman–Crippen LogP) is 3.39. The lowest BCUT2D eigenvalue weighted by Gasteiger charge is -2.10. The van der Waals surface area contributed by atoms with Gasteiger partial charge in [-0.1, -0.05) is 18.7 Å². The molecule has 0 unspecified atom stereocenters. The van der Waals surface area contributed by atoms with Gasteiger partial charge in [-0.25, -0.2) is 0 Å². The summed E-state index contributed by atoms with van der Waals surface area (Å²) in [5.41, 5.74) is 8.54. The van der Waals surface area contributed by atoms with E-state index < -0.39 is 0 Å². The van der Waals surface area contributed by atoms with Crippen LogP contribution in [0.2, 0.25) is 0 Å². The topological polar surface area (TPSA) is 53.1 Å². The first-order valence-electron chi connectivity index (χ1n) is 5.84. The zero-order chi connectivity index (χ0) is 14.0. The molecule has 2 rings (SSSR count). The molecular formula is C14H16BrN3O. The van der Waals surface area contributed by atoms with Crippen molar-refractivity contribution in [3.63, 3.8) is 0 Å². The highest BCUT2D eigenvalue weighted by Gasteiger charge is 2.12. The van der Waals surface area contributed by atoms with Crippen molar-refractivity contribution < 1.29 is 4.74 Å². The number of aromatic nitrogens is 2. The van der Waals surface area contributed by atoms with E-state index in [1.807, 2.05) is 38.2 Å². The largest absolute Gasteiger partial charge is 0.488 e. The highest BCUT2D eigenvalue weighted by Crippen LogP contribution is 2.35. The zero-order valence-electron chi connectivity index (χ0n) is 11.0. The Kier molecular flexibility index (Phi) is 3.95. The first kappa shape index (κ1) is 13.7. The average molecular weight is 322 g/mol. The molecule has 1 aromatic carbocycles. The van der Waals surface area contributed by atoms with Crippen LogP contribution in [0.4, 0.5) is 5.82 Å². The highest BCUT2D eigenvalue weighted by atomic mass is 79.9. The molecule has 0 aliphatic rings. The van der Waals surface area contributed by atoms with Gasteiger partial charge in [0.05, 0.1) is 10.2 Å². The maximum Gasteiger partial charge on any atom is 0.134 e. The SMILES string of the molecule is C=C(C)COc1cccc(-c2cc(N)n(C)n2)c1Br. The molecule has 100 valence electrons. The van der Waals surface area contributed by atoms with Crippen LogP contribution in [-0.4, -0.2) is 16.4 Å². The number of benzene rings is 1. The van der Waals surface area contributed by atoms with Crippen molar-refractivity contribution in [2.24, 2.45) is 7.05 Å². The molecule has 0 radical (unpaired) electrons. The van der Waals surface area contributed by atoms with E-state index in [1.54, 1.807) is 4.68 Å². The van der Waals surface area contributed by atoms with Crippen molar-refractivity contribution in [1.29, 1.82) is 0 Å². The van der Waals surface area contributed by atoms with E-state index in [-0.39, 0.29) is 0 Å². The number of anilines is 1. The third-order valence-corrected chi connectivity index (χ3v) is 3.45. The molecule has 1 heterocycles. The van der Waals surface area contributed by atoms with Crippen molar-refractivity contribution in [3.05, 3.63) is 40.9 Å². The van der Waals surface area contributed by atoms with E-state index in [0.717, 1.165) is 27.1 Å². The minimum Gasteiger partial charge on any atom is -0.488 e. The summed E-state index contributed by atoms with van der Waals surface area (Å²) in [5.74, 6) is 1.39. The van der Waals surface area contributed by atoms with E-state index in [2.05, 4.69) is 27.6 Å². The Bertz CT molecular complexity index is 600. The van der Waals surface area contributed by atoms with Gasteiger partial charge in [-0.15, -0.1) is 0 Å². The lowest BCUT2D eigenvalue weighted by atomic mass is 10.1. The lowest BCUT2D eigenvalue weighted by molar-refractivity contribution is 0.350. The first-order chi connectivity index (χ1) is 8.99. The molecule has 5 heteroatoms. The third-order valence-electron chi connectivity index (χ3n) is 2.63. The van der Waals surface area contributed by atoms with Crippen LogP contribution < -0.4 is 10.5 Å². The number of nitrogens with zero attached hydrogens (tertiary/aromatic N) is 2. The van der Waals surface area contributed by atoms with Gasteiger partial charge in [-0.05, 0) is 34.5 Å². The number of nitrogen functional groups attached to an aromatic ring is 1. The van der Waals surface area contributed by atoms with Gasteiger partial charge in [-0.3, -0.25) is 4.68 Å². The fourth-order valence-electron chi connectivity index (χ4n) is 1.63. The Balaban J connectivity index is 2.36. The predicted molar refractivity (Wildman–Crippen MR) is 81.1 cm³/mol. The van der Waals surface area contributed by atoms with Gasteiger partial charge in [0.1, 0.15) is 18.2 Å². The second-order valence-corrected chi connectivity index (χ2v) is 5.23. The van der Waals surface area contributed by atoms with Crippen LogP contribution in [0.3, 0.4) is 0 Å². The monoisotopic (exact) mass is 321 g/mol. The molecule has 0 bridgehead atoms. The standard InChI is InChI=1S/C14H16BrN3O/c1-9(2)8-19-12-6-4-5-10(14(12)15)11-7-13(16)18(3)17-11/h4-7H,1,8,16H2,2-3H3. The normalized spacial score (nSPS) is 10.5. The van der Waals surface area contributed by atoms with Crippen LogP contribution >= 0.6 is 15.9 Å². The molecule has 0 saturated carbocycles. The number of rotatable bonds is 4. The minimum absolute atomic E-state index is 0.492. The summed E-state index contributed by atoms with van der Waals surface area (Å²) >= 11 is 3.56. The minimum atomic E-state index is 0.492. The molecule has 0 saturated heterocycles. The molecule has 2 aromatic rings. The molecule has 0 aliphatic carbocycles. The van der Waals surface area contributed by atoms with Gasteiger partial charge in [0.25, 0.3) is 0 Å². The van der Waals surface area contributed by atoms with Crippen LogP contribution in [0, 0.1) is 0 Å². The second kappa shape index (κ2) is 5.48. The van der Waals surface area contributed by atoms with Gasteiger partial charge in [0.2, 0.25) is 0 Å². The summed E-state index contributed by atoms with van der Waals surface area (Å²) in [6.07, 6.45) is 0. The van der Waals surface area contributed by atoms with E-state index >= 15 is 0 Å². The summed E-state index contributed by atoms with van der Waals surface area (Å²) in [6.45, 7) is 6.24. The average Bonchev–Trinajstić information content (AvgIpc) is 2.68. The summed E-state index contributed by atoms with van der Waals surface area (Å²) in [7, 11) is 1.81. The summed E-state index contributed by atoms with van der Waals surface area (Å²) in [4.78, 5) is 0. The maximum absolute atomic E-state index is 5.81. The quantitative estimate of drug-likeness (QED) is 0.878. The number of hydrogen-bond donors (Lipinski definition) is 1. The van der Waals surface area contributed by atoms with Gasteiger partial charge in [0.15, 0.2) is 0 Å². The summed E-state index contributed by atoms with van der Waals surface area (Å²) in [6, 6.07) is 7.64. The fraction of sp³-hybridized carbons (Fsp3) is 0.214. The summed E-state index contributed by atoms with van der Waals surface area (Å²) < 4.78 is 8.20. The Labute approximate surface area is 121 Å². The highest BCUT2D eigenvalue weighted by molar-refractivity contribution is 9.10. The van der Waals surface area contributed by atoms with Crippen LogP contribution in [0.15, 0.2) is 40.9 Å². The lowest BCUT2D eigenvalue weighted by Crippen LogP contribution is -1.99. The van der Waals surface area contributed by atoms with Crippen molar-refractivity contribution in [2.75, 3.05) is 12.3 Å². The second-order valence-electron chi connectivity index (χ2n) is 4.44. The van der Waals surface area contributed by atoms with Crippen LogP contribution in [-0.2, 0) is 7.05 Å². The zero-order valence-corrected chi connectivity index (χ0v) is 12.6. The Morgan fingerprint density at radius 3 is 2.84 bits per heavy atom. The molecule has 0 amide bonds. The third kappa shape index (κ3) is 2.98. The molecule has 2 N–H and O–H groups in total. The van der Waals surface area contributed by atoms with Crippen molar-refractivity contribution in [2.45, 2.75) is 6.92 Å². The Morgan fingerprint density at radius 2 is 2.26 bits per heavy atom. The van der Waals surface area contributed by atoms with Gasteiger partial charge >= 0.3 is 0 Å². The number of hydrogen-bond acceptors (Lipinski definition) is 3. The van der Waals surface area contributed by atoms with E-state index in [1.165, 1.54) is 0 Å². The van der Waals surface area contributed by atoms with Gasteiger partial charge in [-0.2, -0.15) is 5.10 Å². The molecule has 0 aliphatic heterocycles. The Hall–Kier alpha value is -1.75. The van der Waals surface area contributed by atoms with E-state index in [9.17, 15) is 0 Å². The maximum atomic E-state index is 5.81. The summed E-state index contributed by atoms with van der Waals surface area (Å²) in [5, 5.41) is 4.37. The number of ether oxygens (including phenoxy) is 1. The van der Waals surface area contributed by atoms with Gasteiger partial charge < -0.3 is 10.5 Å². The smallest absolute Gasteiger partial charge is 0.134 e. The molecule has 4 nitrogen and oxygen atoms in total.